The third-order valence-corrected chi connectivity index (χ3v) is 7.18. The van der Waals surface area contributed by atoms with E-state index >= 15 is 0 Å². The molecule has 0 saturated carbocycles. The molecule has 7 heterocycles. The number of ether oxygens (including phenoxy) is 1. The SMILES string of the molecule is O=C(O)CC1c2cnc(nc2)OCCCCCc2cnc(cc2Cl)C(=O)N2CCc3ccc1cc3C2. The second-order valence-electron chi connectivity index (χ2n) is 9.27. The summed E-state index contributed by atoms with van der Waals surface area (Å²) in [5.41, 5.74) is 4.96. The van der Waals surface area contributed by atoms with Crippen LogP contribution in [-0.2, 0) is 24.2 Å². The van der Waals surface area contributed by atoms with E-state index in [4.69, 9.17) is 16.3 Å². The number of hydrogen-bond acceptors (Lipinski definition) is 6. The van der Waals surface area contributed by atoms with Crippen LogP contribution in [0.1, 0.15) is 69.9 Å². The first-order valence-corrected chi connectivity index (χ1v) is 12.6. The van der Waals surface area contributed by atoms with Gasteiger partial charge in [0.05, 0.1) is 13.0 Å². The number of rotatable bonds is 2. The molecular formula is C27H27ClN4O4. The van der Waals surface area contributed by atoms with E-state index in [-0.39, 0.29) is 18.3 Å². The van der Waals surface area contributed by atoms with E-state index in [2.05, 4.69) is 15.0 Å². The van der Waals surface area contributed by atoms with Crippen molar-refractivity contribution in [2.45, 2.75) is 51.0 Å². The first kappa shape index (κ1) is 24.2. The maximum Gasteiger partial charge on any atom is 0.316 e. The number of carbonyl (C=O) groups is 2. The Kier molecular flexibility index (Phi) is 7.13. The minimum atomic E-state index is -0.910. The van der Waals surface area contributed by atoms with Gasteiger partial charge in [-0.25, -0.2) is 9.97 Å². The summed E-state index contributed by atoms with van der Waals surface area (Å²) in [6, 6.07) is 7.93. The van der Waals surface area contributed by atoms with Crippen molar-refractivity contribution >= 4 is 23.5 Å². The molecule has 2 aromatic heterocycles. The summed E-state index contributed by atoms with van der Waals surface area (Å²) in [4.78, 5) is 39.8. The fraction of sp³-hybridized carbons (Fsp3) is 0.370. The van der Waals surface area contributed by atoms with Gasteiger partial charge in [-0.1, -0.05) is 29.8 Å². The molecule has 1 N–H and O–H groups in total. The van der Waals surface area contributed by atoms with Crippen LogP contribution in [0.25, 0.3) is 0 Å². The summed E-state index contributed by atoms with van der Waals surface area (Å²) in [5, 5.41) is 10.2. The van der Waals surface area contributed by atoms with Gasteiger partial charge in [0.15, 0.2) is 0 Å². The van der Waals surface area contributed by atoms with Crippen molar-refractivity contribution in [1.29, 1.82) is 0 Å². The highest BCUT2D eigenvalue weighted by atomic mass is 35.5. The van der Waals surface area contributed by atoms with E-state index in [1.165, 1.54) is 0 Å². The van der Waals surface area contributed by atoms with Gasteiger partial charge in [0, 0.05) is 42.6 Å². The Morgan fingerprint density at radius 1 is 1.00 bits per heavy atom. The van der Waals surface area contributed by atoms with Crippen molar-refractivity contribution in [2.24, 2.45) is 0 Å². The van der Waals surface area contributed by atoms with Gasteiger partial charge in [-0.2, -0.15) is 0 Å². The zero-order valence-electron chi connectivity index (χ0n) is 19.8. The average molecular weight is 507 g/mol. The van der Waals surface area contributed by atoms with E-state index in [1.807, 2.05) is 18.2 Å². The molecule has 7 bridgehead atoms. The van der Waals surface area contributed by atoms with Gasteiger partial charge in [0.2, 0.25) is 0 Å². The highest BCUT2D eigenvalue weighted by Crippen LogP contribution is 2.31. The van der Waals surface area contributed by atoms with E-state index in [0.29, 0.717) is 42.4 Å². The molecule has 0 spiro atoms. The second kappa shape index (κ2) is 10.6. The van der Waals surface area contributed by atoms with Crippen LogP contribution in [0.3, 0.4) is 0 Å². The quantitative estimate of drug-likeness (QED) is 0.547. The highest BCUT2D eigenvalue weighted by molar-refractivity contribution is 6.31. The fourth-order valence-electron chi connectivity index (χ4n) is 4.83. The molecule has 5 aliphatic rings. The van der Waals surface area contributed by atoms with Crippen LogP contribution in [0, 0.1) is 0 Å². The molecule has 0 fully saturated rings. The van der Waals surface area contributed by atoms with Crippen LogP contribution >= 0.6 is 11.6 Å². The Bertz CT molecular complexity index is 1280. The van der Waals surface area contributed by atoms with Crippen LogP contribution < -0.4 is 4.74 Å². The summed E-state index contributed by atoms with van der Waals surface area (Å²) in [6.45, 7) is 1.49. The molecule has 3 aromatic rings. The van der Waals surface area contributed by atoms with Crippen LogP contribution in [0.4, 0.5) is 0 Å². The van der Waals surface area contributed by atoms with Gasteiger partial charge < -0.3 is 14.7 Å². The summed E-state index contributed by atoms with van der Waals surface area (Å²) in [6.07, 6.45) is 9.06. The lowest BCUT2D eigenvalue weighted by Gasteiger charge is -2.30. The highest BCUT2D eigenvalue weighted by Gasteiger charge is 2.26. The van der Waals surface area contributed by atoms with Gasteiger partial charge >= 0.3 is 12.0 Å². The third kappa shape index (κ3) is 5.33. The maximum absolute atomic E-state index is 13.3. The third-order valence-electron chi connectivity index (χ3n) is 6.83. The Morgan fingerprint density at radius 2 is 1.83 bits per heavy atom. The van der Waals surface area contributed by atoms with Crippen molar-refractivity contribution in [3.05, 3.63) is 81.4 Å². The lowest BCUT2D eigenvalue weighted by molar-refractivity contribution is -0.137. The van der Waals surface area contributed by atoms with E-state index in [9.17, 15) is 14.7 Å². The van der Waals surface area contributed by atoms with Crippen LogP contribution in [0.2, 0.25) is 5.02 Å². The first-order valence-electron chi connectivity index (χ1n) is 12.2. The summed E-state index contributed by atoms with van der Waals surface area (Å²) in [7, 11) is 0. The summed E-state index contributed by atoms with van der Waals surface area (Å²) in [5.74, 6) is -1.49. The monoisotopic (exact) mass is 506 g/mol. The van der Waals surface area contributed by atoms with Crippen molar-refractivity contribution in [3.8, 4) is 6.01 Å². The number of nitrogens with zero attached hydrogens (tertiary/aromatic N) is 4. The number of carboxylic acid groups (broad SMARTS) is 1. The summed E-state index contributed by atoms with van der Waals surface area (Å²) >= 11 is 6.50. The molecule has 8 nitrogen and oxygen atoms in total. The van der Waals surface area contributed by atoms with Gasteiger partial charge in [0.1, 0.15) is 5.69 Å². The van der Waals surface area contributed by atoms with E-state index in [1.54, 1.807) is 29.6 Å². The zero-order valence-corrected chi connectivity index (χ0v) is 20.6. The van der Waals surface area contributed by atoms with E-state index < -0.39 is 11.9 Å². The molecule has 1 atom stereocenters. The largest absolute Gasteiger partial charge is 0.481 e. The Balaban J connectivity index is 1.50. The smallest absolute Gasteiger partial charge is 0.316 e. The van der Waals surface area contributed by atoms with Crippen LogP contribution in [0.5, 0.6) is 6.01 Å². The average Bonchev–Trinajstić information content (AvgIpc) is 2.89. The number of aliphatic carboxylic acids is 1. The molecule has 5 aliphatic heterocycles. The molecule has 0 aliphatic carbocycles. The number of pyridine rings is 1. The Labute approximate surface area is 214 Å². The number of amides is 1. The molecular weight excluding hydrogens is 480 g/mol. The van der Waals surface area contributed by atoms with Crippen molar-refractivity contribution in [1.82, 2.24) is 19.9 Å². The van der Waals surface area contributed by atoms with Crippen LogP contribution in [0.15, 0.2) is 42.9 Å². The van der Waals surface area contributed by atoms with Crippen molar-refractivity contribution < 1.29 is 19.4 Å². The molecule has 9 heteroatoms. The lowest BCUT2D eigenvalue weighted by Crippen LogP contribution is -2.36. The zero-order chi connectivity index (χ0) is 25.1. The van der Waals surface area contributed by atoms with E-state index in [0.717, 1.165) is 47.9 Å². The molecule has 186 valence electrons. The number of benzene rings is 1. The fourth-order valence-corrected chi connectivity index (χ4v) is 5.08. The normalized spacial score (nSPS) is 18.1. The van der Waals surface area contributed by atoms with Gasteiger partial charge in [0.25, 0.3) is 5.91 Å². The molecule has 1 amide bonds. The minimum Gasteiger partial charge on any atom is -0.481 e. The Hall–Kier alpha value is -3.52. The lowest BCUT2D eigenvalue weighted by atomic mass is 9.87. The van der Waals surface area contributed by atoms with Crippen LogP contribution in [-0.4, -0.2) is 50.0 Å². The second-order valence-corrected chi connectivity index (χ2v) is 9.68. The number of carbonyl (C=O) groups excluding carboxylic acids is 1. The van der Waals surface area contributed by atoms with Gasteiger partial charge in [-0.05, 0) is 66.0 Å². The van der Waals surface area contributed by atoms with Crippen molar-refractivity contribution in [2.75, 3.05) is 13.2 Å². The number of carboxylic acids is 1. The van der Waals surface area contributed by atoms with Gasteiger partial charge in [-0.15, -0.1) is 0 Å². The number of aryl methyl sites for hydroxylation is 1. The molecule has 8 rings (SSSR count). The Morgan fingerprint density at radius 3 is 2.61 bits per heavy atom. The first-order chi connectivity index (χ1) is 17.5. The number of hydrogen-bond donors (Lipinski definition) is 1. The van der Waals surface area contributed by atoms with Gasteiger partial charge in [-0.3, -0.25) is 14.6 Å². The topological polar surface area (TPSA) is 106 Å². The minimum absolute atomic E-state index is 0.0975. The molecule has 1 aromatic carbocycles. The standard InChI is InChI=1S/C27H27ClN4O4/c28-23-12-24-26(35)32-8-7-17-5-6-18(10-20(17)16-32)22(11-25(33)34)21-14-30-27(31-15-21)36-9-3-1-2-4-19(23)13-29-24/h5-6,10,12-15,22H,1-4,7-9,11,16H2,(H,33,34). The summed E-state index contributed by atoms with van der Waals surface area (Å²) < 4.78 is 5.69. The predicted molar refractivity (Wildman–Crippen MR) is 133 cm³/mol. The molecule has 0 saturated heterocycles. The predicted octanol–water partition coefficient (Wildman–Crippen LogP) is 4.44. The number of aromatic nitrogens is 3. The van der Waals surface area contributed by atoms with Crippen molar-refractivity contribution in [3.63, 3.8) is 0 Å². The maximum atomic E-state index is 13.3. The molecule has 1 unspecified atom stereocenters. The number of halogens is 1. The molecule has 0 radical (unpaired) electrons. The molecule has 36 heavy (non-hydrogen) atoms.